The van der Waals surface area contributed by atoms with Gasteiger partial charge in [0.15, 0.2) is 10.1 Å². The number of hydrogen-bond donors (Lipinski definition) is 0. The van der Waals surface area contributed by atoms with Gasteiger partial charge in [0.1, 0.15) is 0 Å². The Labute approximate surface area is 242 Å². The van der Waals surface area contributed by atoms with E-state index in [1.165, 1.54) is 30.7 Å². The van der Waals surface area contributed by atoms with Gasteiger partial charge in [-0.25, -0.2) is 8.42 Å². The van der Waals surface area contributed by atoms with Crippen LogP contribution in [0.3, 0.4) is 0 Å². The number of quaternary nitrogens is 1. The van der Waals surface area contributed by atoms with Crippen molar-refractivity contribution in [2.24, 2.45) is 0 Å². The molecule has 0 bridgehead atoms. The maximum Gasteiger partial charge on any atom is 0.402 e. The summed E-state index contributed by atoms with van der Waals surface area (Å²) in [4.78, 5) is 0. The molecule has 0 saturated carbocycles. The standard InChI is InChI=1S/C12H6F20O3S.C8H20N/c1-2-3(13,14)4(15,16)5(17,18)6(19,20)7(21,22)8(23,24)9(25,26)10(27,28)11(29,30)12(31,32)36(33,34)35;1-5-9(6-2,7-3)8-4/h2H2,1H3,(H,33,34,35);5-8H2,1-4H3/q;+1/p-1. The first-order valence-corrected chi connectivity index (χ1v) is 13.3. The second-order valence-corrected chi connectivity index (χ2v) is 10.7. The van der Waals surface area contributed by atoms with Gasteiger partial charge in [0.2, 0.25) is 0 Å². The van der Waals surface area contributed by atoms with Crippen molar-refractivity contribution in [2.75, 3.05) is 26.2 Å². The number of rotatable bonds is 15. The van der Waals surface area contributed by atoms with E-state index >= 15 is 0 Å². The van der Waals surface area contributed by atoms with E-state index in [1.807, 2.05) is 0 Å². The Morgan fingerprint density at radius 2 is 0.622 bits per heavy atom. The number of alkyl halides is 20. The van der Waals surface area contributed by atoms with Crippen LogP contribution in [0.2, 0.25) is 0 Å². The lowest BCUT2D eigenvalue weighted by Gasteiger charge is -2.45. The van der Waals surface area contributed by atoms with E-state index < -0.39 is 75.1 Å². The van der Waals surface area contributed by atoms with Gasteiger partial charge in [0.05, 0.1) is 26.2 Å². The minimum Gasteiger partial charge on any atom is -0.743 e. The average Bonchev–Trinajstić information content (AvgIpc) is 2.88. The molecule has 0 unspecified atom stereocenters. The summed E-state index contributed by atoms with van der Waals surface area (Å²) in [6.45, 7) is 14.0. The van der Waals surface area contributed by atoms with Crippen molar-refractivity contribution >= 4 is 10.1 Å². The minimum absolute atomic E-state index is 0.226. The zero-order chi connectivity index (χ0) is 37.5. The summed E-state index contributed by atoms with van der Waals surface area (Å²) in [5.41, 5.74) is 0. The lowest BCUT2D eigenvalue weighted by molar-refractivity contribution is -0.921. The molecule has 0 fully saturated rings. The Kier molecular flexibility index (Phi) is 13.0. The highest BCUT2D eigenvalue weighted by atomic mass is 32.2. The van der Waals surface area contributed by atoms with Gasteiger partial charge in [-0.15, -0.1) is 0 Å². The predicted molar refractivity (Wildman–Crippen MR) is 112 cm³/mol. The van der Waals surface area contributed by atoms with E-state index in [-0.39, 0.29) is 6.92 Å². The molecule has 0 aliphatic heterocycles. The second kappa shape index (κ2) is 12.8. The minimum atomic E-state index is -9.28. The molecule has 4 nitrogen and oxygen atoms in total. The molecule has 0 atom stereocenters. The fraction of sp³-hybridized carbons (Fsp3) is 1.00. The monoisotopic (exact) mass is 739 g/mol. The lowest BCUT2D eigenvalue weighted by Crippen LogP contribution is -2.77. The third-order valence-electron chi connectivity index (χ3n) is 7.03. The molecule has 0 aliphatic rings. The Hall–Kier alpha value is -1.53. The molecule has 0 heterocycles. The van der Waals surface area contributed by atoms with E-state index in [1.54, 1.807) is 0 Å². The third kappa shape index (κ3) is 6.50. The van der Waals surface area contributed by atoms with E-state index in [9.17, 15) is 101 Å². The highest BCUT2D eigenvalue weighted by Crippen LogP contribution is 2.66. The van der Waals surface area contributed by atoms with E-state index in [0.717, 1.165) is 0 Å². The van der Waals surface area contributed by atoms with Gasteiger partial charge in [0, 0.05) is 6.42 Å². The number of hydrogen-bond acceptors (Lipinski definition) is 3. The summed E-state index contributed by atoms with van der Waals surface area (Å²) in [5.74, 6) is -77.5. The highest BCUT2D eigenvalue weighted by Gasteiger charge is 2.97. The van der Waals surface area contributed by atoms with Gasteiger partial charge in [-0.2, -0.15) is 87.8 Å². The van der Waals surface area contributed by atoms with Gasteiger partial charge in [0.25, 0.3) is 0 Å². The summed E-state index contributed by atoms with van der Waals surface area (Å²) in [7, 11) is -8.30. The van der Waals surface area contributed by atoms with Gasteiger partial charge in [-0.3, -0.25) is 0 Å². The van der Waals surface area contributed by atoms with Crippen LogP contribution in [0.1, 0.15) is 41.0 Å². The third-order valence-corrected chi connectivity index (χ3v) is 7.91. The summed E-state index contributed by atoms with van der Waals surface area (Å²) in [6.07, 6.45) is -2.67. The van der Waals surface area contributed by atoms with E-state index in [0.29, 0.717) is 0 Å². The van der Waals surface area contributed by atoms with Gasteiger partial charge in [-0.1, -0.05) is 6.92 Å². The molecule has 0 rings (SSSR count). The van der Waals surface area contributed by atoms with Crippen LogP contribution in [-0.4, -0.2) is 102 Å². The van der Waals surface area contributed by atoms with E-state index in [2.05, 4.69) is 27.7 Å². The topological polar surface area (TPSA) is 57.2 Å². The normalized spacial score (nSPS) is 16.0. The summed E-state index contributed by atoms with van der Waals surface area (Å²) in [6, 6.07) is 0. The Bertz CT molecular complexity index is 1090. The fourth-order valence-electron chi connectivity index (χ4n) is 3.32. The number of halogens is 20. The molecule has 0 saturated heterocycles. The van der Waals surface area contributed by atoms with Crippen LogP contribution in [0.4, 0.5) is 87.8 Å². The molecule has 0 spiro atoms. The van der Waals surface area contributed by atoms with Crippen LogP contribution in [0.5, 0.6) is 0 Å². The highest BCUT2D eigenvalue weighted by molar-refractivity contribution is 7.86. The lowest BCUT2D eigenvalue weighted by atomic mass is 9.86. The first-order chi connectivity index (χ1) is 19.3. The van der Waals surface area contributed by atoms with Crippen LogP contribution in [0.25, 0.3) is 0 Å². The van der Waals surface area contributed by atoms with Crippen LogP contribution in [0.15, 0.2) is 0 Å². The molecule has 45 heavy (non-hydrogen) atoms. The molecule has 274 valence electrons. The largest absolute Gasteiger partial charge is 0.743 e. The Morgan fingerprint density at radius 1 is 0.422 bits per heavy atom. The zero-order valence-corrected chi connectivity index (χ0v) is 24.0. The molecule has 0 aliphatic carbocycles. The molecule has 0 radical (unpaired) electrons. The molecule has 0 aromatic rings. The molecular formula is C20H25F20NO3S. The number of nitrogens with zero attached hydrogens (tertiary/aromatic N) is 1. The molecule has 0 aromatic carbocycles. The van der Waals surface area contributed by atoms with Crippen LogP contribution < -0.4 is 0 Å². The molecule has 0 N–H and O–H groups in total. The summed E-state index contributed by atoms with van der Waals surface area (Å²) >= 11 is 0. The molecule has 25 heteroatoms. The first kappa shape index (κ1) is 45.6. The van der Waals surface area contributed by atoms with Gasteiger partial charge < -0.3 is 9.04 Å². The van der Waals surface area contributed by atoms with E-state index in [4.69, 9.17) is 0 Å². The van der Waals surface area contributed by atoms with Crippen molar-refractivity contribution in [1.29, 1.82) is 0 Å². The van der Waals surface area contributed by atoms with Gasteiger partial charge in [-0.05, 0) is 27.7 Å². The van der Waals surface area contributed by atoms with Crippen LogP contribution in [-0.2, 0) is 10.1 Å². The smallest absolute Gasteiger partial charge is 0.402 e. The summed E-state index contributed by atoms with van der Waals surface area (Å²) in [5, 5.41) is -8.12. The predicted octanol–water partition coefficient (Wildman–Crippen LogP) is 8.13. The fourth-order valence-corrected chi connectivity index (χ4v) is 3.76. The van der Waals surface area contributed by atoms with Crippen molar-refractivity contribution in [3.63, 3.8) is 0 Å². The van der Waals surface area contributed by atoms with Crippen molar-refractivity contribution in [3.8, 4) is 0 Å². The zero-order valence-electron chi connectivity index (χ0n) is 23.2. The van der Waals surface area contributed by atoms with Crippen molar-refractivity contribution < 1.29 is 105 Å². The first-order valence-electron chi connectivity index (χ1n) is 11.9. The Balaban J connectivity index is 0. The van der Waals surface area contributed by atoms with Crippen LogP contribution >= 0.6 is 0 Å². The second-order valence-electron chi connectivity index (χ2n) is 9.23. The molecule has 0 aromatic heterocycles. The average molecular weight is 739 g/mol. The Morgan fingerprint density at radius 3 is 0.778 bits per heavy atom. The van der Waals surface area contributed by atoms with Crippen molar-refractivity contribution in [2.45, 2.75) is 99.6 Å². The van der Waals surface area contributed by atoms with Gasteiger partial charge >= 0.3 is 58.6 Å². The molecular weight excluding hydrogens is 714 g/mol. The summed E-state index contributed by atoms with van der Waals surface area (Å²) < 4.78 is 296. The maximum atomic E-state index is 13.5. The molecule has 0 amide bonds. The van der Waals surface area contributed by atoms with Crippen molar-refractivity contribution in [1.82, 2.24) is 0 Å². The SMILES string of the molecule is CCC(F)(F)C(F)(F)C(F)(F)C(F)(F)C(F)(F)C(F)(F)C(F)(F)C(F)(F)C(F)(F)C(F)(F)S(=O)(=O)[O-].CC[N+](CC)(CC)CC. The van der Waals surface area contributed by atoms with Crippen LogP contribution in [0, 0.1) is 0 Å². The van der Waals surface area contributed by atoms with Crippen molar-refractivity contribution in [3.05, 3.63) is 0 Å². The maximum absolute atomic E-state index is 13.5. The quantitative estimate of drug-likeness (QED) is 0.0969.